The second-order valence-corrected chi connectivity index (χ2v) is 4.00. The predicted octanol–water partition coefficient (Wildman–Crippen LogP) is 1.53. The maximum atomic E-state index is 10.1. The maximum absolute atomic E-state index is 10.1. The molecule has 3 atom stereocenters. The van der Waals surface area contributed by atoms with Crippen LogP contribution in [-0.4, -0.2) is 22.7 Å². The average Bonchev–Trinajstić information content (AvgIpc) is 2.30. The Hall–Kier alpha value is -0.930. The number of aliphatic hydroxyl groups is 1. The van der Waals surface area contributed by atoms with Crippen LogP contribution < -0.4 is 5.73 Å². The number of pyridine rings is 1. The van der Waals surface area contributed by atoms with E-state index in [1.54, 1.807) is 12.4 Å². The first-order chi connectivity index (χ1) is 7.20. The quantitative estimate of drug-likeness (QED) is 0.771. The normalized spacial score (nSPS) is 17.1. The molecular formula is C12H20N2O. The number of aliphatic hydroxyl groups excluding tert-OH is 1. The third-order valence-corrected chi connectivity index (χ3v) is 3.03. The smallest absolute Gasteiger partial charge is 0.0646 e. The number of nitrogens with zero attached hydrogens (tertiary/aromatic N) is 1. The van der Waals surface area contributed by atoms with Crippen LogP contribution in [0.25, 0.3) is 0 Å². The molecule has 0 fully saturated rings. The van der Waals surface area contributed by atoms with Crippen molar-refractivity contribution in [2.24, 2.45) is 11.7 Å². The molecular weight excluding hydrogens is 188 g/mol. The van der Waals surface area contributed by atoms with Gasteiger partial charge in [0, 0.05) is 24.9 Å². The molecule has 0 spiro atoms. The van der Waals surface area contributed by atoms with Gasteiger partial charge in [-0.25, -0.2) is 0 Å². The van der Waals surface area contributed by atoms with Gasteiger partial charge in [-0.3, -0.25) is 4.98 Å². The van der Waals surface area contributed by atoms with Crippen LogP contribution in [0.15, 0.2) is 24.5 Å². The minimum absolute atomic E-state index is 0.0166. The molecule has 0 aliphatic heterocycles. The number of nitrogens with two attached hydrogens (primary N) is 1. The summed E-state index contributed by atoms with van der Waals surface area (Å²) >= 11 is 0. The van der Waals surface area contributed by atoms with Crippen LogP contribution in [0.1, 0.15) is 31.7 Å². The Morgan fingerprint density at radius 3 is 2.47 bits per heavy atom. The van der Waals surface area contributed by atoms with E-state index in [2.05, 4.69) is 18.8 Å². The SMILES string of the molecule is CCC(C)C(O)C(CN)c1ccncc1. The average molecular weight is 208 g/mol. The van der Waals surface area contributed by atoms with Crippen molar-refractivity contribution in [3.8, 4) is 0 Å². The Balaban J connectivity index is 2.80. The van der Waals surface area contributed by atoms with E-state index in [0.717, 1.165) is 12.0 Å². The van der Waals surface area contributed by atoms with E-state index in [-0.39, 0.29) is 17.9 Å². The van der Waals surface area contributed by atoms with E-state index in [1.807, 2.05) is 12.1 Å². The molecule has 0 saturated heterocycles. The number of rotatable bonds is 5. The van der Waals surface area contributed by atoms with Gasteiger partial charge in [0.15, 0.2) is 0 Å². The summed E-state index contributed by atoms with van der Waals surface area (Å²) in [5, 5.41) is 10.1. The summed E-state index contributed by atoms with van der Waals surface area (Å²) in [6.07, 6.45) is 4.06. The zero-order valence-electron chi connectivity index (χ0n) is 9.43. The lowest BCUT2D eigenvalue weighted by atomic mass is 9.86. The summed E-state index contributed by atoms with van der Waals surface area (Å²) in [5.41, 5.74) is 6.79. The fourth-order valence-electron chi connectivity index (χ4n) is 1.72. The zero-order valence-corrected chi connectivity index (χ0v) is 9.43. The molecule has 0 aliphatic carbocycles. The van der Waals surface area contributed by atoms with Crippen molar-refractivity contribution in [3.05, 3.63) is 30.1 Å². The van der Waals surface area contributed by atoms with E-state index in [1.165, 1.54) is 0 Å². The first-order valence-electron chi connectivity index (χ1n) is 5.48. The lowest BCUT2D eigenvalue weighted by Crippen LogP contribution is -2.30. The largest absolute Gasteiger partial charge is 0.392 e. The second kappa shape index (κ2) is 5.83. The molecule has 1 aromatic heterocycles. The fraction of sp³-hybridized carbons (Fsp3) is 0.583. The standard InChI is InChI=1S/C12H20N2O/c1-3-9(2)12(15)11(8-13)10-4-6-14-7-5-10/h4-7,9,11-12,15H,3,8,13H2,1-2H3. The highest BCUT2D eigenvalue weighted by Crippen LogP contribution is 2.24. The van der Waals surface area contributed by atoms with Crippen LogP contribution in [0.3, 0.4) is 0 Å². The van der Waals surface area contributed by atoms with Crippen molar-refractivity contribution >= 4 is 0 Å². The van der Waals surface area contributed by atoms with Crippen molar-refractivity contribution < 1.29 is 5.11 Å². The summed E-state index contributed by atoms with van der Waals surface area (Å²) in [7, 11) is 0. The minimum atomic E-state index is -0.373. The molecule has 1 heterocycles. The van der Waals surface area contributed by atoms with Crippen LogP contribution in [0.5, 0.6) is 0 Å². The van der Waals surface area contributed by atoms with Crippen LogP contribution >= 0.6 is 0 Å². The molecule has 1 rings (SSSR count). The second-order valence-electron chi connectivity index (χ2n) is 4.00. The molecule has 3 heteroatoms. The van der Waals surface area contributed by atoms with E-state index < -0.39 is 0 Å². The molecule has 1 aromatic rings. The van der Waals surface area contributed by atoms with Gasteiger partial charge < -0.3 is 10.8 Å². The van der Waals surface area contributed by atoms with Gasteiger partial charge in [-0.15, -0.1) is 0 Å². The molecule has 84 valence electrons. The molecule has 3 nitrogen and oxygen atoms in total. The van der Waals surface area contributed by atoms with Crippen molar-refractivity contribution in [1.29, 1.82) is 0 Å². The summed E-state index contributed by atoms with van der Waals surface area (Å²) < 4.78 is 0. The molecule has 0 bridgehead atoms. The van der Waals surface area contributed by atoms with Gasteiger partial charge in [0.05, 0.1) is 6.10 Å². The number of aromatic nitrogens is 1. The monoisotopic (exact) mass is 208 g/mol. The van der Waals surface area contributed by atoms with Gasteiger partial charge in [-0.05, 0) is 23.6 Å². The summed E-state index contributed by atoms with van der Waals surface area (Å²) in [6.45, 7) is 4.60. The van der Waals surface area contributed by atoms with Crippen molar-refractivity contribution in [2.45, 2.75) is 32.3 Å². The molecule has 3 N–H and O–H groups in total. The van der Waals surface area contributed by atoms with Crippen molar-refractivity contribution in [2.75, 3.05) is 6.54 Å². The first-order valence-corrected chi connectivity index (χ1v) is 5.48. The fourth-order valence-corrected chi connectivity index (χ4v) is 1.72. The van der Waals surface area contributed by atoms with Crippen LogP contribution in [0, 0.1) is 5.92 Å². The van der Waals surface area contributed by atoms with Gasteiger partial charge in [-0.2, -0.15) is 0 Å². The van der Waals surface area contributed by atoms with Crippen molar-refractivity contribution in [3.63, 3.8) is 0 Å². The molecule has 3 unspecified atom stereocenters. The Labute approximate surface area is 91.3 Å². The Bertz CT molecular complexity index is 276. The number of hydrogen-bond acceptors (Lipinski definition) is 3. The Morgan fingerprint density at radius 2 is 2.00 bits per heavy atom. The van der Waals surface area contributed by atoms with Gasteiger partial charge >= 0.3 is 0 Å². The lowest BCUT2D eigenvalue weighted by Gasteiger charge is -2.26. The highest BCUT2D eigenvalue weighted by Gasteiger charge is 2.23. The van der Waals surface area contributed by atoms with Gasteiger partial charge in [-0.1, -0.05) is 20.3 Å². The van der Waals surface area contributed by atoms with Crippen LogP contribution in [-0.2, 0) is 0 Å². The topological polar surface area (TPSA) is 59.1 Å². The third kappa shape index (κ3) is 3.01. The Morgan fingerprint density at radius 1 is 1.40 bits per heavy atom. The summed E-state index contributed by atoms with van der Waals surface area (Å²) in [6, 6.07) is 3.84. The Kier molecular flexibility index (Phi) is 4.72. The third-order valence-electron chi connectivity index (χ3n) is 3.03. The molecule has 0 saturated carbocycles. The zero-order chi connectivity index (χ0) is 11.3. The minimum Gasteiger partial charge on any atom is -0.392 e. The molecule has 0 radical (unpaired) electrons. The summed E-state index contributed by atoms with van der Waals surface area (Å²) in [4.78, 5) is 3.96. The van der Waals surface area contributed by atoms with E-state index in [0.29, 0.717) is 6.54 Å². The highest BCUT2D eigenvalue weighted by atomic mass is 16.3. The van der Waals surface area contributed by atoms with Gasteiger partial charge in [0.2, 0.25) is 0 Å². The molecule has 0 aromatic carbocycles. The van der Waals surface area contributed by atoms with Gasteiger partial charge in [0.25, 0.3) is 0 Å². The summed E-state index contributed by atoms with van der Waals surface area (Å²) in [5.74, 6) is 0.287. The first kappa shape index (κ1) is 12.1. The predicted molar refractivity (Wildman–Crippen MR) is 61.5 cm³/mol. The van der Waals surface area contributed by atoms with E-state index in [9.17, 15) is 5.11 Å². The maximum Gasteiger partial charge on any atom is 0.0646 e. The van der Waals surface area contributed by atoms with Crippen LogP contribution in [0.2, 0.25) is 0 Å². The van der Waals surface area contributed by atoms with Gasteiger partial charge in [0.1, 0.15) is 0 Å². The van der Waals surface area contributed by atoms with Crippen LogP contribution in [0.4, 0.5) is 0 Å². The molecule has 0 amide bonds. The number of hydrogen-bond donors (Lipinski definition) is 2. The molecule has 0 aliphatic rings. The van der Waals surface area contributed by atoms with Crippen molar-refractivity contribution in [1.82, 2.24) is 4.98 Å². The van der Waals surface area contributed by atoms with E-state index >= 15 is 0 Å². The molecule has 15 heavy (non-hydrogen) atoms. The van der Waals surface area contributed by atoms with E-state index in [4.69, 9.17) is 5.73 Å². The highest BCUT2D eigenvalue weighted by molar-refractivity contribution is 5.18. The lowest BCUT2D eigenvalue weighted by molar-refractivity contribution is 0.0886.